The molecular weight excluding hydrogens is 1330 g/mol. The zero-order valence-corrected chi connectivity index (χ0v) is 60.1. The van der Waals surface area contributed by atoms with Gasteiger partial charge in [-0.3, -0.25) is 33.6 Å². The van der Waals surface area contributed by atoms with E-state index < -0.39 is 76.2 Å². The topological polar surface area (TPSA) is 328 Å². The Morgan fingerprint density at radius 3 is 2.13 bits per heavy atom. The third kappa shape index (κ3) is 20.6. The number of nitrogens with zero attached hydrogens (tertiary/aromatic N) is 1. The molecule has 7 amide bonds. The average Bonchev–Trinajstić information content (AvgIpc) is 1.59. The second kappa shape index (κ2) is 37.4. The maximum absolute atomic E-state index is 17.0. The van der Waals surface area contributed by atoms with Crippen LogP contribution in [0.25, 0.3) is 0 Å². The summed E-state index contributed by atoms with van der Waals surface area (Å²) in [5.41, 5.74) is 5.17. The summed E-state index contributed by atoms with van der Waals surface area (Å²) in [5, 5.41) is 24.5. The molecule has 2 heterocycles. The number of carbonyl (C=O) groups is 9. The normalized spacial score (nSPS) is 25.3. The van der Waals surface area contributed by atoms with Crippen LogP contribution in [0, 0.1) is 46.3 Å². The van der Waals surface area contributed by atoms with E-state index in [4.69, 9.17) is 38.9 Å². The fraction of sp³-hybridized carbons (Fsp3) is 0.571. The Morgan fingerprint density at radius 1 is 0.786 bits per heavy atom. The maximum Gasteiger partial charge on any atom is 0.407 e. The van der Waals surface area contributed by atoms with Crippen LogP contribution in [0.2, 0.25) is 0 Å². The summed E-state index contributed by atoms with van der Waals surface area (Å²) < 4.78 is 72.3. The van der Waals surface area contributed by atoms with E-state index in [1.54, 1.807) is 49.9 Å². The number of carbonyl (C=O) groups excluding carboxylic acids is 9. The number of nitrogens with one attached hydrogen (secondary N) is 5. The Balaban J connectivity index is 0.000000367. The SMILES string of the molecule is CC(=O)CNC(=O)OCc1ccc(NC(=O)[C@H](CCCNC(N)=O)CC(=O)[C@@H](NC(=O)CCOCCOCCOCCOCCNC(=O)CCC(=O)N2Cc3ccccc3C#Cc3ccccc32)C(C)C)cc1.CCCC1O[C@@H]2C[C@H]3[C@@H]4C[C@H](F)C5=CC(=O)C=C[C@]5(C)[C@@]4(F)[C@@H](O)C[C@]3(C)[C@]2(C)O1. The number of fused-ring (bicyclic) bond motifs is 9. The number of hydrogen-bond acceptors (Lipinski definition) is 17. The van der Waals surface area contributed by atoms with Crippen molar-refractivity contribution in [2.24, 2.45) is 40.2 Å². The van der Waals surface area contributed by atoms with Crippen molar-refractivity contribution in [1.29, 1.82) is 0 Å². The molecule has 6 aliphatic rings. The molecule has 4 fully saturated rings. The van der Waals surface area contributed by atoms with Crippen molar-refractivity contribution in [3.05, 3.63) is 119 Å². The number of nitrogens with two attached hydrogens (primary N) is 1. The Hall–Kier alpha value is -8.29. The number of hydrogen-bond donors (Lipinski definition) is 7. The molecule has 26 heteroatoms. The first-order valence-corrected chi connectivity index (χ1v) is 35.7. The van der Waals surface area contributed by atoms with E-state index in [0.717, 1.165) is 35.2 Å². The van der Waals surface area contributed by atoms with E-state index in [9.17, 15) is 48.3 Å². The lowest BCUT2D eigenvalue weighted by Gasteiger charge is -2.63. The summed E-state index contributed by atoms with van der Waals surface area (Å²) in [4.78, 5) is 113. The van der Waals surface area contributed by atoms with Gasteiger partial charge in [0, 0.05) is 78.3 Å². The van der Waals surface area contributed by atoms with Gasteiger partial charge in [-0.2, -0.15) is 0 Å². The smallest absolute Gasteiger partial charge is 0.407 e. The number of halogens is 2. The second-order valence-corrected chi connectivity index (χ2v) is 28.0. The number of ketones is 3. The fourth-order valence-electron chi connectivity index (χ4n) is 14.9. The number of alkyl carbamates (subject to hydrolysis) is 1. The number of alkyl halides is 2. The molecule has 0 bridgehead atoms. The molecule has 8 N–H and O–H groups in total. The highest BCUT2D eigenvalue weighted by atomic mass is 19.1. The first-order chi connectivity index (χ1) is 49.2. The lowest BCUT2D eigenvalue weighted by atomic mass is 9.44. The molecule has 0 spiro atoms. The van der Waals surface area contributed by atoms with Crippen molar-refractivity contribution in [3.63, 3.8) is 0 Å². The molecule has 24 nitrogen and oxygen atoms in total. The molecule has 3 saturated carbocycles. The Kier molecular flexibility index (Phi) is 29.2. The van der Waals surface area contributed by atoms with Crippen LogP contribution >= 0.6 is 0 Å². The van der Waals surface area contributed by atoms with Crippen LogP contribution in [0.4, 0.5) is 29.7 Å². The van der Waals surface area contributed by atoms with Gasteiger partial charge in [-0.25, -0.2) is 18.4 Å². The van der Waals surface area contributed by atoms with Crippen molar-refractivity contribution in [3.8, 4) is 11.8 Å². The quantitative estimate of drug-likeness (QED) is 0.0216. The number of aliphatic hydroxyl groups excluding tert-OH is 1. The molecule has 3 aromatic carbocycles. The molecule has 4 aliphatic carbocycles. The van der Waals surface area contributed by atoms with E-state index >= 15 is 8.78 Å². The van der Waals surface area contributed by atoms with Gasteiger partial charge >= 0.3 is 12.1 Å². The van der Waals surface area contributed by atoms with Crippen LogP contribution in [0.5, 0.6) is 0 Å². The summed E-state index contributed by atoms with van der Waals surface area (Å²) in [5.74, 6) is 2.34. The Morgan fingerprint density at radius 2 is 1.45 bits per heavy atom. The van der Waals surface area contributed by atoms with Crippen molar-refractivity contribution < 1.29 is 90.2 Å². The van der Waals surface area contributed by atoms with Gasteiger partial charge in [0.05, 0.1) is 89.9 Å². The third-order valence-corrected chi connectivity index (χ3v) is 20.6. The zero-order valence-electron chi connectivity index (χ0n) is 60.1. The zero-order chi connectivity index (χ0) is 74.5. The van der Waals surface area contributed by atoms with Gasteiger partial charge in [0.15, 0.2) is 23.5 Å². The van der Waals surface area contributed by atoms with Crippen LogP contribution in [0.1, 0.15) is 141 Å². The number of para-hydroxylation sites is 1. The minimum absolute atomic E-state index is 0.00382. The predicted molar refractivity (Wildman–Crippen MR) is 378 cm³/mol. The van der Waals surface area contributed by atoms with Gasteiger partial charge in [-0.15, -0.1) is 0 Å². The molecule has 9 rings (SSSR count). The molecule has 1 unspecified atom stereocenters. The highest BCUT2D eigenvalue weighted by Crippen LogP contribution is 2.72. The number of anilines is 2. The van der Waals surface area contributed by atoms with Gasteiger partial charge in [0.25, 0.3) is 0 Å². The van der Waals surface area contributed by atoms with Crippen LogP contribution in [-0.2, 0) is 79.9 Å². The number of urea groups is 1. The van der Waals surface area contributed by atoms with Gasteiger partial charge in [-0.1, -0.05) is 94.5 Å². The van der Waals surface area contributed by atoms with Gasteiger partial charge in [-0.05, 0) is 130 Å². The van der Waals surface area contributed by atoms with E-state index in [0.29, 0.717) is 63.6 Å². The summed E-state index contributed by atoms with van der Waals surface area (Å²) in [7, 11) is 0. The minimum atomic E-state index is -2.04. The van der Waals surface area contributed by atoms with Gasteiger partial charge in [0.2, 0.25) is 23.6 Å². The maximum atomic E-state index is 17.0. The monoisotopic (exact) mass is 1430 g/mol. The van der Waals surface area contributed by atoms with Crippen LogP contribution < -0.4 is 37.2 Å². The molecule has 560 valence electrons. The molecule has 12 atom stereocenters. The van der Waals surface area contributed by atoms with Crippen molar-refractivity contribution in [1.82, 2.24) is 21.3 Å². The third-order valence-electron chi connectivity index (χ3n) is 20.6. The van der Waals surface area contributed by atoms with E-state index in [2.05, 4.69) is 52.3 Å². The van der Waals surface area contributed by atoms with Crippen molar-refractivity contribution >= 4 is 64.5 Å². The highest BCUT2D eigenvalue weighted by Gasteiger charge is 2.77. The second-order valence-electron chi connectivity index (χ2n) is 28.0. The van der Waals surface area contributed by atoms with E-state index in [-0.39, 0.29) is 150 Å². The first-order valence-electron chi connectivity index (χ1n) is 35.7. The number of Topliss-reactive ketones (excluding diaryl/α,β-unsaturated/α-hetero) is 2. The van der Waals surface area contributed by atoms with Crippen LogP contribution in [-0.4, -0.2) is 173 Å². The van der Waals surface area contributed by atoms with Crippen molar-refractivity contribution in [2.45, 2.75) is 174 Å². The summed E-state index contributed by atoms with van der Waals surface area (Å²) in [6.45, 7) is 15.5. The summed E-state index contributed by atoms with van der Waals surface area (Å²) in [6.07, 6.45) is 3.16. The Bertz CT molecular complexity index is 3620. The molecule has 0 radical (unpaired) electrons. The fourth-order valence-corrected chi connectivity index (χ4v) is 14.9. The Labute approximate surface area is 601 Å². The molecule has 1 saturated heterocycles. The lowest BCUT2D eigenvalue weighted by molar-refractivity contribution is -0.233. The van der Waals surface area contributed by atoms with E-state index in [1.165, 1.54) is 25.2 Å². The largest absolute Gasteiger partial charge is 0.445 e. The number of aliphatic hydroxyl groups is 1. The number of amides is 7. The number of primary amides is 1. The van der Waals surface area contributed by atoms with Crippen molar-refractivity contribution in [2.75, 3.05) is 82.7 Å². The minimum Gasteiger partial charge on any atom is -0.445 e. The molecule has 103 heavy (non-hydrogen) atoms. The summed E-state index contributed by atoms with van der Waals surface area (Å²) >= 11 is 0. The molecule has 0 aromatic heterocycles. The van der Waals surface area contributed by atoms with Gasteiger partial charge < -0.3 is 75.5 Å². The average molecular weight is 1430 g/mol. The standard InChI is InChI=1S/C53H69N7O13.C24H32F2O4/c1-37(2)50(46(62)33-42(12-8-23-56-52(54)67)51(66)58-44-18-14-39(15-19-44)36-73-53(68)57-34-38(3)61)59-48(64)22-25-69-27-29-71-31-32-72-30-28-70-26-24-55-47(63)20-21-49(65)60-35-43-11-5-4-9-40(43)16-17-41-10-6-7-13-45(41)60;1-5-6-20-29-19-11-14-15-10-17(25)16-9-13(27)7-8-21(16,2)24(15,26)18(28)12-22(14,3)23(19,4)30-20/h4-7,9-11,13-15,18-19,37,42,50H,8,12,20-36H2,1-3H3,(H,55,63)(H,57,68)(H,58,66)(H,59,64)(H3,54,56,67);7-9,14-15,17-20,28H,5-6,10-12H2,1-4H3/t42-,50+;14-,15-,17-,18-,19+,20?,21-,22-,23+,24-/m10/s1. The summed E-state index contributed by atoms with van der Waals surface area (Å²) in [6, 6.07) is 20.2. The van der Waals surface area contributed by atoms with E-state index in [1.807, 2.05) is 55.5 Å². The predicted octanol–water partition coefficient (Wildman–Crippen LogP) is 8.12. The highest BCUT2D eigenvalue weighted by molar-refractivity contribution is 6.02. The van der Waals surface area contributed by atoms with Gasteiger partial charge in [0.1, 0.15) is 24.2 Å². The lowest BCUT2D eigenvalue weighted by Crippen LogP contribution is -2.69. The number of benzene rings is 3. The first kappa shape index (κ1) is 80.4. The molecule has 2 aliphatic heterocycles. The van der Waals surface area contributed by atoms with Crippen LogP contribution in [0.3, 0.4) is 0 Å². The molecule has 3 aromatic rings. The molecular formula is C77H101F2N7O17. The number of rotatable bonds is 35. The number of ether oxygens (including phenoxy) is 7. The van der Waals surface area contributed by atoms with Crippen LogP contribution in [0.15, 0.2) is 96.6 Å². The number of allylic oxidation sites excluding steroid dienone is 4.